The van der Waals surface area contributed by atoms with Crippen LogP contribution in [0.25, 0.3) is 0 Å². The molecular weight excluding hydrogens is 146 g/mol. The Kier molecular flexibility index (Phi) is 7.66. The molecule has 0 saturated heterocycles. The Balaban J connectivity index is 0.000000354. The van der Waals surface area contributed by atoms with Crippen molar-refractivity contribution in [3.8, 4) is 0 Å². The normalized spacial score (nSPS) is 8.58. The second-order valence-electron chi connectivity index (χ2n) is 2.78. The fourth-order valence-electron chi connectivity index (χ4n) is 0.802. The summed E-state index contributed by atoms with van der Waals surface area (Å²) in [6.45, 7) is 6.41. The molecule has 1 heteroatoms. The Bertz CT molecular complexity index is 170. The Morgan fingerprint density at radius 3 is 2.25 bits per heavy atom. The van der Waals surface area contributed by atoms with Crippen LogP contribution in [0.1, 0.15) is 39.3 Å². The molecule has 0 aliphatic heterocycles. The molecule has 0 aromatic carbocycles. The zero-order chi connectivity index (χ0) is 9.23. The number of pyridine rings is 1. The fraction of sp³-hybridized carbons (Fsp3) is 0.545. The third-order valence-electron chi connectivity index (χ3n) is 1.23. The molecule has 0 radical (unpaired) electrons. The number of aryl methyl sites for hydroxylation is 1. The molecule has 0 atom stereocenters. The molecule has 0 bridgehead atoms. The van der Waals surface area contributed by atoms with E-state index in [1.807, 2.05) is 18.3 Å². The van der Waals surface area contributed by atoms with E-state index in [0.29, 0.717) is 0 Å². The third kappa shape index (κ3) is 5.90. The highest BCUT2D eigenvalue weighted by atomic mass is 14.7. The first-order valence-corrected chi connectivity index (χ1v) is 4.75. The summed E-state index contributed by atoms with van der Waals surface area (Å²) >= 11 is 0. The summed E-state index contributed by atoms with van der Waals surface area (Å²) in [6, 6.07) is 6.03. The maximum Gasteiger partial charge on any atom is 0.0403 e. The van der Waals surface area contributed by atoms with Gasteiger partial charge >= 0.3 is 0 Å². The maximum absolute atomic E-state index is 4.17. The van der Waals surface area contributed by atoms with Gasteiger partial charge in [0.25, 0.3) is 0 Å². The predicted molar refractivity (Wildman–Crippen MR) is 54.2 cm³/mol. The highest BCUT2D eigenvalue weighted by Gasteiger charge is 1.86. The van der Waals surface area contributed by atoms with Gasteiger partial charge in [-0.25, -0.2) is 0 Å². The minimum Gasteiger partial charge on any atom is -0.261 e. The number of aromatic nitrogens is 1. The standard InChI is InChI=1S/C8H11N.C3H8/c1-2-5-8-6-3-4-7-9-8;1-3-2/h3-4,6-7H,2,5H2,1H3;3H2,1-2H3. The molecule has 0 unspecified atom stereocenters. The highest BCUT2D eigenvalue weighted by Crippen LogP contribution is 1.95. The first kappa shape index (κ1) is 11.2. The first-order valence-electron chi connectivity index (χ1n) is 4.75. The van der Waals surface area contributed by atoms with Gasteiger partial charge < -0.3 is 0 Å². The van der Waals surface area contributed by atoms with Gasteiger partial charge in [0.2, 0.25) is 0 Å². The van der Waals surface area contributed by atoms with Crippen LogP contribution in [-0.2, 0) is 6.42 Å². The van der Waals surface area contributed by atoms with E-state index in [4.69, 9.17) is 0 Å². The van der Waals surface area contributed by atoms with Gasteiger partial charge in [-0.2, -0.15) is 0 Å². The molecule has 0 N–H and O–H groups in total. The van der Waals surface area contributed by atoms with Gasteiger partial charge in [0.05, 0.1) is 0 Å². The van der Waals surface area contributed by atoms with Crippen molar-refractivity contribution < 1.29 is 0 Å². The fourth-order valence-corrected chi connectivity index (χ4v) is 0.802. The lowest BCUT2D eigenvalue weighted by Gasteiger charge is -1.92. The molecule has 0 fully saturated rings. The molecule has 0 aliphatic carbocycles. The minimum absolute atomic E-state index is 1.10. The van der Waals surface area contributed by atoms with E-state index in [1.165, 1.54) is 18.5 Å². The molecule has 1 heterocycles. The van der Waals surface area contributed by atoms with Crippen LogP contribution in [0.2, 0.25) is 0 Å². The molecular formula is C11H19N. The van der Waals surface area contributed by atoms with E-state index in [2.05, 4.69) is 31.8 Å². The number of hydrogen-bond donors (Lipinski definition) is 0. The summed E-state index contributed by atoms with van der Waals surface area (Å²) in [4.78, 5) is 4.17. The van der Waals surface area contributed by atoms with Gasteiger partial charge in [-0.05, 0) is 18.6 Å². The van der Waals surface area contributed by atoms with Crippen LogP contribution in [0.3, 0.4) is 0 Å². The molecule has 12 heavy (non-hydrogen) atoms. The second-order valence-corrected chi connectivity index (χ2v) is 2.78. The summed E-state index contributed by atoms with van der Waals surface area (Å²) in [5, 5.41) is 0. The van der Waals surface area contributed by atoms with Crippen LogP contribution in [0.5, 0.6) is 0 Å². The van der Waals surface area contributed by atoms with Crippen molar-refractivity contribution >= 4 is 0 Å². The van der Waals surface area contributed by atoms with E-state index in [-0.39, 0.29) is 0 Å². The lowest BCUT2D eigenvalue weighted by atomic mass is 10.2. The van der Waals surface area contributed by atoms with Crippen LogP contribution in [0.4, 0.5) is 0 Å². The summed E-state index contributed by atoms with van der Waals surface area (Å²) < 4.78 is 0. The molecule has 1 aromatic rings. The number of nitrogens with zero attached hydrogens (tertiary/aromatic N) is 1. The first-order chi connectivity index (χ1) is 5.85. The van der Waals surface area contributed by atoms with Crippen molar-refractivity contribution in [1.82, 2.24) is 4.98 Å². The van der Waals surface area contributed by atoms with Gasteiger partial charge in [-0.15, -0.1) is 0 Å². The predicted octanol–water partition coefficient (Wildman–Crippen LogP) is 3.45. The zero-order valence-electron chi connectivity index (χ0n) is 8.38. The Labute approximate surface area is 75.8 Å². The molecule has 0 aliphatic rings. The summed E-state index contributed by atoms with van der Waals surface area (Å²) in [6.07, 6.45) is 5.36. The molecule has 0 amide bonds. The Morgan fingerprint density at radius 1 is 1.17 bits per heavy atom. The zero-order valence-corrected chi connectivity index (χ0v) is 8.38. The van der Waals surface area contributed by atoms with E-state index >= 15 is 0 Å². The second kappa shape index (κ2) is 8.25. The molecule has 1 nitrogen and oxygen atoms in total. The SMILES string of the molecule is CCC.CCCc1ccccn1. The van der Waals surface area contributed by atoms with Gasteiger partial charge in [0.1, 0.15) is 0 Å². The van der Waals surface area contributed by atoms with E-state index in [9.17, 15) is 0 Å². The van der Waals surface area contributed by atoms with Gasteiger partial charge in [0.15, 0.2) is 0 Å². The van der Waals surface area contributed by atoms with Crippen molar-refractivity contribution in [2.75, 3.05) is 0 Å². The van der Waals surface area contributed by atoms with E-state index < -0.39 is 0 Å². The van der Waals surface area contributed by atoms with E-state index in [0.717, 1.165) is 6.42 Å². The van der Waals surface area contributed by atoms with Crippen molar-refractivity contribution in [2.45, 2.75) is 40.0 Å². The smallest absolute Gasteiger partial charge is 0.0403 e. The molecule has 0 saturated carbocycles. The highest BCUT2D eigenvalue weighted by molar-refractivity contribution is 5.02. The molecule has 68 valence electrons. The minimum atomic E-state index is 1.10. The summed E-state index contributed by atoms with van der Waals surface area (Å²) in [5.74, 6) is 0. The largest absolute Gasteiger partial charge is 0.261 e. The van der Waals surface area contributed by atoms with Crippen LogP contribution in [0.15, 0.2) is 24.4 Å². The lowest BCUT2D eigenvalue weighted by molar-refractivity contribution is 0.883. The van der Waals surface area contributed by atoms with Crippen molar-refractivity contribution in [2.24, 2.45) is 0 Å². The average molecular weight is 165 g/mol. The molecule has 1 rings (SSSR count). The van der Waals surface area contributed by atoms with Gasteiger partial charge in [-0.1, -0.05) is 39.7 Å². The van der Waals surface area contributed by atoms with Crippen LogP contribution in [0, 0.1) is 0 Å². The Hall–Kier alpha value is -0.850. The Morgan fingerprint density at radius 2 is 1.83 bits per heavy atom. The summed E-state index contributed by atoms with van der Waals surface area (Å²) in [5.41, 5.74) is 1.19. The lowest BCUT2D eigenvalue weighted by Crippen LogP contribution is -1.84. The third-order valence-corrected chi connectivity index (χ3v) is 1.23. The maximum atomic E-state index is 4.17. The average Bonchev–Trinajstić information content (AvgIpc) is 2.08. The number of rotatable bonds is 2. The monoisotopic (exact) mass is 165 g/mol. The number of hydrogen-bond acceptors (Lipinski definition) is 1. The van der Waals surface area contributed by atoms with Crippen LogP contribution >= 0.6 is 0 Å². The van der Waals surface area contributed by atoms with Crippen molar-refractivity contribution in [3.63, 3.8) is 0 Å². The van der Waals surface area contributed by atoms with Crippen molar-refractivity contribution in [3.05, 3.63) is 30.1 Å². The van der Waals surface area contributed by atoms with Crippen LogP contribution in [-0.4, -0.2) is 4.98 Å². The van der Waals surface area contributed by atoms with Gasteiger partial charge in [0, 0.05) is 11.9 Å². The molecule has 1 aromatic heterocycles. The van der Waals surface area contributed by atoms with Crippen molar-refractivity contribution in [1.29, 1.82) is 0 Å². The van der Waals surface area contributed by atoms with Gasteiger partial charge in [-0.3, -0.25) is 4.98 Å². The topological polar surface area (TPSA) is 12.9 Å². The van der Waals surface area contributed by atoms with E-state index in [1.54, 1.807) is 0 Å². The molecule has 0 spiro atoms. The summed E-state index contributed by atoms with van der Waals surface area (Å²) in [7, 11) is 0. The van der Waals surface area contributed by atoms with Crippen LogP contribution < -0.4 is 0 Å². The quantitative estimate of drug-likeness (QED) is 0.654.